The smallest absolute Gasteiger partial charge is 0.181 e. The third-order valence-corrected chi connectivity index (χ3v) is 3.70. The number of benzene rings is 1. The van der Waals surface area contributed by atoms with Gasteiger partial charge in [-0.25, -0.2) is 4.98 Å². The van der Waals surface area contributed by atoms with Crippen LogP contribution in [0.3, 0.4) is 0 Å². The average Bonchev–Trinajstić information content (AvgIpc) is 3.04. The van der Waals surface area contributed by atoms with E-state index in [2.05, 4.69) is 43.1 Å². The second-order valence-electron chi connectivity index (χ2n) is 4.21. The van der Waals surface area contributed by atoms with Crippen molar-refractivity contribution in [1.82, 2.24) is 9.97 Å². The topological polar surface area (TPSA) is 63.3 Å². The summed E-state index contributed by atoms with van der Waals surface area (Å²) < 4.78 is 6.30. The number of anilines is 1. The normalized spacial score (nSPS) is 10.9. The van der Waals surface area contributed by atoms with E-state index in [-0.39, 0.29) is 0 Å². The molecule has 0 spiro atoms. The molecule has 1 N–H and O–H groups in total. The van der Waals surface area contributed by atoms with Gasteiger partial charge in [0.25, 0.3) is 0 Å². The number of hydrazone groups is 1. The minimum atomic E-state index is 0.747. The summed E-state index contributed by atoms with van der Waals surface area (Å²) in [5.74, 6) is 0.747. The summed E-state index contributed by atoms with van der Waals surface area (Å²) in [4.78, 5) is 7.94. The van der Waals surface area contributed by atoms with Crippen molar-refractivity contribution in [3.8, 4) is 11.3 Å². The van der Waals surface area contributed by atoms with Crippen LogP contribution in [-0.2, 0) is 0 Å². The Balaban J connectivity index is 1.67. The molecular formula is C15H11IN4O. The molecule has 104 valence electrons. The molecule has 21 heavy (non-hydrogen) atoms. The van der Waals surface area contributed by atoms with Gasteiger partial charge in [0, 0.05) is 27.1 Å². The van der Waals surface area contributed by atoms with Crippen molar-refractivity contribution in [2.75, 3.05) is 5.43 Å². The Kier molecular flexibility index (Phi) is 4.25. The Morgan fingerprint density at radius 1 is 1.10 bits per heavy atom. The van der Waals surface area contributed by atoms with E-state index in [0.29, 0.717) is 0 Å². The van der Waals surface area contributed by atoms with Gasteiger partial charge in [0.2, 0.25) is 0 Å². The van der Waals surface area contributed by atoms with Crippen LogP contribution in [-0.4, -0.2) is 16.2 Å². The van der Waals surface area contributed by atoms with Crippen LogP contribution in [0, 0.1) is 3.57 Å². The lowest BCUT2D eigenvalue weighted by Gasteiger charge is -2.02. The fraction of sp³-hybridized carbons (Fsp3) is 0. The molecule has 5 nitrogen and oxygen atoms in total. The first-order chi connectivity index (χ1) is 10.3. The first-order valence-corrected chi connectivity index (χ1v) is 7.28. The lowest BCUT2D eigenvalue weighted by atomic mass is 10.2. The molecule has 1 aromatic carbocycles. The number of nitrogens with one attached hydrogen (secondary N) is 1. The van der Waals surface area contributed by atoms with Gasteiger partial charge in [-0.05, 0) is 52.9 Å². The predicted molar refractivity (Wildman–Crippen MR) is 90.1 cm³/mol. The molecule has 0 aliphatic carbocycles. The zero-order chi connectivity index (χ0) is 14.5. The zero-order valence-electron chi connectivity index (χ0n) is 10.9. The van der Waals surface area contributed by atoms with Gasteiger partial charge in [0.1, 0.15) is 0 Å². The van der Waals surface area contributed by atoms with Gasteiger partial charge in [0.05, 0.1) is 18.1 Å². The second kappa shape index (κ2) is 6.49. The number of pyridine rings is 1. The van der Waals surface area contributed by atoms with Crippen molar-refractivity contribution in [2.45, 2.75) is 0 Å². The molecule has 2 heterocycles. The number of nitrogens with zero attached hydrogens (tertiary/aromatic N) is 3. The molecule has 3 aromatic rings. The van der Waals surface area contributed by atoms with Crippen molar-refractivity contribution >= 4 is 34.5 Å². The van der Waals surface area contributed by atoms with Crippen LogP contribution in [0.2, 0.25) is 0 Å². The first-order valence-electron chi connectivity index (χ1n) is 6.20. The maximum atomic E-state index is 5.24. The van der Waals surface area contributed by atoms with Gasteiger partial charge in [-0.2, -0.15) is 5.10 Å². The third kappa shape index (κ3) is 3.46. The van der Waals surface area contributed by atoms with E-state index in [1.165, 1.54) is 6.39 Å². The number of rotatable bonds is 4. The van der Waals surface area contributed by atoms with Crippen molar-refractivity contribution in [2.24, 2.45) is 5.10 Å². The van der Waals surface area contributed by atoms with E-state index < -0.39 is 0 Å². The fourth-order valence-corrected chi connectivity index (χ4v) is 2.21. The number of halogens is 1. The van der Waals surface area contributed by atoms with Crippen LogP contribution in [0.25, 0.3) is 11.3 Å². The maximum Gasteiger partial charge on any atom is 0.181 e. The van der Waals surface area contributed by atoms with Gasteiger partial charge in [-0.1, -0.05) is 0 Å². The van der Waals surface area contributed by atoms with Gasteiger partial charge in [-0.15, -0.1) is 0 Å². The molecule has 0 radical (unpaired) electrons. The number of hydrogen-bond donors (Lipinski definition) is 1. The summed E-state index contributed by atoms with van der Waals surface area (Å²) >= 11 is 2.23. The summed E-state index contributed by atoms with van der Waals surface area (Å²) in [6, 6.07) is 9.70. The Hall–Kier alpha value is -2.22. The Morgan fingerprint density at radius 3 is 2.67 bits per heavy atom. The zero-order valence-corrected chi connectivity index (χ0v) is 13.1. The molecule has 0 aliphatic heterocycles. The van der Waals surface area contributed by atoms with Crippen LogP contribution in [0.1, 0.15) is 5.56 Å². The Morgan fingerprint density at radius 2 is 1.95 bits per heavy atom. The molecule has 0 fully saturated rings. The van der Waals surface area contributed by atoms with E-state index in [1.807, 2.05) is 30.3 Å². The van der Waals surface area contributed by atoms with Gasteiger partial charge < -0.3 is 4.42 Å². The number of hydrogen-bond acceptors (Lipinski definition) is 5. The van der Waals surface area contributed by atoms with E-state index >= 15 is 0 Å². The summed E-state index contributed by atoms with van der Waals surface area (Å²) in [7, 11) is 0. The van der Waals surface area contributed by atoms with Crippen LogP contribution in [0.4, 0.5) is 5.69 Å². The van der Waals surface area contributed by atoms with Crippen molar-refractivity contribution in [3.05, 3.63) is 64.4 Å². The van der Waals surface area contributed by atoms with Gasteiger partial charge >= 0.3 is 0 Å². The van der Waals surface area contributed by atoms with Crippen LogP contribution in [0.15, 0.2) is 64.8 Å². The number of aromatic nitrogens is 2. The number of oxazole rings is 1. The minimum absolute atomic E-state index is 0.747. The summed E-state index contributed by atoms with van der Waals surface area (Å²) in [5, 5.41) is 4.22. The minimum Gasteiger partial charge on any atom is -0.444 e. The fourth-order valence-electron chi connectivity index (χ4n) is 1.73. The molecule has 0 saturated heterocycles. The molecular weight excluding hydrogens is 379 g/mol. The van der Waals surface area contributed by atoms with Gasteiger partial charge in [0.15, 0.2) is 12.2 Å². The lowest BCUT2D eigenvalue weighted by Crippen LogP contribution is -1.93. The molecule has 6 heteroatoms. The monoisotopic (exact) mass is 390 g/mol. The summed E-state index contributed by atoms with van der Waals surface area (Å²) in [6.45, 7) is 0. The highest BCUT2D eigenvalue weighted by molar-refractivity contribution is 14.1. The highest BCUT2D eigenvalue weighted by Crippen LogP contribution is 2.20. The molecule has 2 aromatic heterocycles. The van der Waals surface area contributed by atoms with E-state index in [1.54, 1.807) is 24.8 Å². The van der Waals surface area contributed by atoms with Crippen LogP contribution in [0.5, 0.6) is 0 Å². The maximum absolute atomic E-state index is 5.24. The molecule has 0 unspecified atom stereocenters. The highest BCUT2D eigenvalue weighted by Gasteiger charge is 2.00. The molecule has 0 atom stereocenters. The Bertz CT molecular complexity index is 739. The molecule has 0 saturated carbocycles. The van der Waals surface area contributed by atoms with E-state index in [0.717, 1.165) is 26.1 Å². The summed E-state index contributed by atoms with van der Waals surface area (Å²) in [6.07, 6.45) is 8.42. The molecule has 0 bridgehead atoms. The SMILES string of the molecule is Ic1cnccc1C=NNc1ccc(-c2cnco2)cc1. The van der Waals surface area contributed by atoms with Crippen LogP contribution >= 0.6 is 22.6 Å². The Labute approximate surface area is 135 Å². The second-order valence-corrected chi connectivity index (χ2v) is 5.37. The van der Waals surface area contributed by atoms with Crippen molar-refractivity contribution in [1.29, 1.82) is 0 Å². The van der Waals surface area contributed by atoms with E-state index in [9.17, 15) is 0 Å². The average molecular weight is 390 g/mol. The van der Waals surface area contributed by atoms with Crippen molar-refractivity contribution < 1.29 is 4.42 Å². The standard InChI is InChI=1S/C15H11IN4O/c16-14-8-17-6-5-12(14)7-19-20-13-3-1-11(2-4-13)15-9-18-10-21-15/h1-10,20H. The molecule has 0 aliphatic rings. The van der Waals surface area contributed by atoms with Gasteiger partial charge in [-0.3, -0.25) is 10.4 Å². The lowest BCUT2D eigenvalue weighted by molar-refractivity contribution is 0.572. The first kappa shape index (κ1) is 13.7. The summed E-state index contributed by atoms with van der Waals surface area (Å²) in [5.41, 5.74) is 5.90. The van der Waals surface area contributed by atoms with Crippen LogP contribution < -0.4 is 5.43 Å². The molecule has 0 amide bonds. The highest BCUT2D eigenvalue weighted by atomic mass is 127. The predicted octanol–water partition coefficient (Wildman–Crippen LogP) is 3.79. The molecule has 3 rings (SSSR count). The third-order valence-electron chi connectivity index (χ3n) is 2.80. The van der Waals surface area contributed by atoms with E-state index in [4.69, 9.17) is 4.42 Å². The largest absolute Gasteiger partial charge is 0.444 e. The van der Waals surface area contributed by atoms with Crippen molar-refractivity contribution in [3.63, 3.8) is 0 Å². The quantitative estimate of drug-likeness (QED) is 0.418.